The van der Waals surface area contributed by atoms with Gasteiger partial charge in [0.15, 0.2) is 5.17 Å². The van der Waals surface area contributed by atoms with Crippen molar-refractivity contribution < 1.29 is 9.21 Å². The maximum atomic E-state index is 12.4. The Bertz CT molecular complexity index is 1020. The van der Waals surface area contributed by atoms with Gasteiger partial charge in [-0.25, -0.2) is 0 Å². The number of amidine groups is 1. The van der Waals surface area contributed by atoms with E-state index in [1.54, 1.807) is 6.08 Å². The molecule has 1 aromatic heterocycles. The number of thioether (sulfide) groups is 1. The van der Waals surface area contributed by atoms with Crippen molar-refractivity contribution in [3.05, 3.63) is 51.5 Å². The molecule has 0 spiro atoms. The summed E-state index contributed by atoms with van der Waals surface area (Å²) in [6, 6.07) is 13.8. The third-order valence-electron chi connectivity index (χ3n) is 4.83. The molecule has 3 heterocycles. The summed E-state index contributed by atoms with van der Waals surface area (Å²) in [5, 5.41) is 9.47. The summed E-state index contributed by atoms with van der Waals surface area (Å²) >= 11 is 4.93. The molecule has 0 atom stereocenters. The Morgan fingerprint density at radius 1 is 1.21 bits per heavy atom. The zero-order valence-corrected chi connectivity index (χ0v) is 18.1. The number of carbonyl (C=O) groups excluding carboxylic acids is 1. The predicted molar refractivity (Wildman–Crippen MR) is 118 cm³/mol. The normalized spacial score (nSPS) is 18.9. The molecule has 29 heavy (non-hydrogen) atoms. The molecule has 1 aromatic carbocycles. The average Bonchev–Trinajstić information content (AvgIpc) is 3.34. The number of nitriles is 1. The SMILES string of the molecule is N#CCCN1CCN(C2=NC(=O)/C(=C\c3ccc(-c4ccccc4Br)o3)S2)CC1. The lowest BCUT2D eigenvalue weighted by Crippen LogP contribution is -2.47. The standard InChI is InChI=1S/C21H19BrN4O2S/c22-17-5-2-1-4-16(17)18-7-6-15(28-18)14-19-20(27)24-21(29-19)26-12-10-25(11-13-26)9-3-8-23/h1-2,4-7,14H,3,9-13H2/b19-14+. The second-order valence-electron chi connectivity index (χ2n) is 6.73. The third-order valence-corrected chi connectivity index (χ3v) is 6.57. The van der Waals surface area contributed by atoms with E-state index < -0.39 is 0 Å². The van der Waals surface area contributed by atoms with Crippen molar-refractivity contribution in [3.63, 3.8) is 0 Å². The van der Waals surface area contributed by atoms with Crippen molar-refractivity contribution in [1.82, 2.24) is 9.80 Å². The lowest BCUT2D eigenvalue weighted by molar-refractivity contribution is -0.113. The van der Waals surface area contributed by atoms with Crippen molar-refractivity contribution in [2.75, 3.05) is 32.7 Å². The molecule has 1 saturated heterocycles. The molecular weight excluding hydrogens is 452 g/mol. The molecule has 6 nitrogen and oxygen atoms in total. The van der Waals surface area contributed by atoms with Gasteiger partial charge < -0.3 is 9.32 Å². The quantitative estimate of drug-likeness (QED) is 0.623. The number of carbonyl (C=O) groups is 1. The summed E-state index contributed by atoms with van der Waals surface area (Å²) in [5.41, 5.74) is 0.966. The molecule has 0 aliphatic carbocycles. The highest BCUT2D eigenvalue weighted by atomic mass is 79.9. The number of rotatable bonds is 4. The highest BCUT2D eigenvalue weighted by Crippen LogP contribution is 2.33. The van der Waals surface area contributed by atoms with Gasteiger partial charge in [0.1, 0.15) is 11.5 Å². The molecule has 1 amide bonds. The summed E-state index contributed by atoms with van der Waals surface area (Å²) in [5.74, 6) is 1.15. The minimum Gasteiger partial charge on any atom is -0.457 e. The number of hydrogen-bond acceptors (Lipinski definition) is 6. The Morgan fingerprint density at radius 3 is 2.76 bits per heavy atom. The molecule has 1 fully saturated rings. The van der Waals surface area contributed by atoms with E-state index in [0.29, 0.717) is 17.1 Å². The van der Waals surface area contributed by atoms with Gasteiger partial charge in [-0.05, 0) is 30.0 Å². The van der Waals surface area contributed by atoms with Crippen LogP contribution in [0.1, 0.15) is 12.2 Å². The molecule has 2 aromatic rings. The molecule has 4 rings (SSSR count). The monoisotopic (exact) mass is 470 g/mol. The molecule has 0 N–H and O–H groups in total. The van der Waals surface area contributed by atoms with Crippen molar-refractivity contribution in [2.24, 2.45) is 4.99 Å². The second-order valence-corrected chi connectivity index (χ2v) is 8.59. The summed E-state index contributed by atoms with van der Waals surface area (Å²) in [6.07, 6.45) is 2.30. The van der Waals surface area contributed by atoms with Gasteiger partial charge in [0.05, 0.1) is 11.0 Å². The lowest BCUT2D eigenvalue weighted by atomic mass is 10.2. The van der Waals surface area contributed by atoms with Gasteiger partial charge >= 0.3 is 0 Å². The number of benzene rings is 1. The topological polar surface area (TPSA) is 72.8 Å². The van der Waals surface area contributed by atoms with Crippen LogP contribution in [0.2, 0.25) is 0 Å². The summed E-state index contributed by atoms with van der Waals surface area (Å²) < 4.78 is 6.88. The van der Waals surface area contributed by atoms with Crippen LogP contribution in [0.5, 0.6) is 0 Å². The van der Waals surface area contributed by atoms with E-state index >= 15 is 0 Å². The third kappa shape index (κ3) is 4.64. The molecule has 0 radical (unpaired) electrons. The van der Waals surface area contributed by atoms with Crippen LogP contribution in [0, 0.1) is 11.3 Å². The smallest absolute Gasteiger partial charge is 0.286 e. The number of amides is 1. The second kappa shape index (κ2) is 8.99. The maximum absolute atomic E-state index is 12.4. The highest BCUT2D eigenvalue weighted by Gasteiger charge is 2.28. The van der Waals surface area contributed by atoms with Gasteiger partial charge in [-0.1, -0.05) is 34.1 Å². The largest absolute Gasteiger partial charge is 0.457 e. The summed E-state index contributed by atoms with van der Waals surface area (Å²) in [7, 11) is 0. The van der Waals surface area contributed by atoms with Gasteiger partial charge in [0.2, 0.25) is 0 Å². The van der Waals surface area contributed by atoms with E-state index in [-0.39, 0.29) is 5.91 Å². The van der Waals surface area contributed by atoms with Crippen LogP contribution in [0.3, 0.4) is 0 Å². The Labute approximate surface area is 182 Å². The minimum atomic E-state index is -0.226. The summed E-state index contributed by atoms with van der Waals surface area (Å²) in [4.78, 5) is 21.6. The van der Waals surface area contributed by atoms with Gasteiger partial charge in [-0.2, -0.15) is 10.3 Å². The Hall–Kier alpha value is -2.34. The van der Waals surface area contributed by atoms with Crippen molar-refractivity contribution in [3.8, 4) is 17.4 Å². The first-order valence-corrected chi connectivity index (χ1v) is 11.0. The highest BCUT2D eigenvalue weighted by molar-refractivity contribution is 9.10. The number of hydrogen-bond donors (Lipinski definition) is 0. The fourth-order valence-electron chi connectivity index (χ4n) is 3.27. The van der Waals surface area contributed by atoms with Crippen molar-refractivity contribution >= 4 is 44.8 Å². The number of aliphatic imine (C=N–C) groups is 1. The van der Waals surface area contributed by atoms with Crippen molar-refractivity contribution in [2.45, 2.75) is 6.42 Å². The predicted octanol–water partition coefficient (Wildman–Crippen LogP) is 4.21. The van der Waals surface area contributed by atoms with Crippen LogP contribution in [-0.4, -0.2) is 53.6 Å². The molecule has 2 aliphatic rings. The number of nitrogens with zero attached hydrogens (tertiary/aromatic N) is 4. The molecule has 0 saturated carbocycles. The Kier molecular flexibility index (Phi) is 6.19. The van der Waals surface area contributed by atoms with Gasteiger partial charge in [0, 0.05) is 55.3 Å². The van der Waals surface area contributed by atoms with Crippen LogP contribution in [0.4, 0.5) is 0 Å². The molecule has 0 bridgehead atoms. The van der Waals surface area contributed by atoms with E-state index in [0.717, 1.165) is 53.7 Å². The Balaban J connectivity index is 1.41. The first-order chi connectivity index (χ1) is 14.1. The molecule has 2 aliphatic heterocycles. The Morgan fingerprint density at radius 2 is 2.00 bits per heavy atom. The zero-order valence-electron chi connectivity index (χ0n) is 15.7. The lowest BCUT2D eigenvalue weighted by Gasteiger charge is -2.34. The minimum absolute atomic E-state index is 0.226. The van der Waals surface area contributed by atoms with Crippen LogP contribution in [0.25, 0.3) is 17.4 Å². The van der Waals surface area contributed by atoms with E-state index in [9.17, 15) is 4.79 Å². The van der Waals surface area contributed by atoms with E-state index in [2.05, 4.69) is 36.8 Å². The molecule has 148 valence electrons. The molecule has 0 unspecified atom stereocenters. The molecular formula is C21H19BrN4O2S. The maximum Gasteiger partial charge on any atom is 0.286 e. The fourth-order valence-corrected chi connectivity index (χ4v) is 4.69. The first-order valence-electron chi connectivity index (χ1n) is 9.35. The van der Waals surface area contributed by atoms with E-state index in [4.69, 9.17) is 9.68 Å². The van der Waals surface area contributed by atoms with Crippen molar-refractivity contribution in [1.29, 1.82) is 5.26 Å². The van der Waals surface area contributed by atoms with Gasteiger partial charge in [-0.3, -0.25) is 9.69 Å². The number of halogens is 1. The summed E-state index contributed by atoms with van der Waals surface area (Å²) in [6.45, 7) is 4.17. The average molecular weight is 471 g/mol. The fraction of sp³-hybridized carbons (Fsp3) is 0.286. The van der Waals surface area contributed by atoms with Crippen LogP contribution >= 0.6 is 27.7 Å². The first kappa shape index (κ1) is 20.0. The van der Waals surface area contributed by atoms with Gasteiger partial charge in [0.25, 0.3) is 5.91 Å². The van der Waals surface area contributed by atoms with Gasteiger partial charge in [-0.15, -0.1) is 0 Å². The van der Waals surface area contributed by atoms with E-state index in [1.165, 1.54) is 11.8 Å². The number of furan rings is 1. The van der Waals surface area contributed by atoms with Crippen LogP contribution in [0.15, 0.2) is 55.2 Å². The van der Waals surface area contributed by atoms with Crippen LogP contribution in [-0.2, 0) is 4.79 Å². The van der Waals surface area contributed by atoms with Crippen LogP contribution < -0.4 is 0 Å². The number of piperazine rings is 1. The molecule has 8 heteroatoms. The zero-order chi connectivity index (χ0) is 20.2. The van der Waals surface area contributed by atoms with E-state index in [1.807, 2.05) is 36.4 Å².